The van der Waals surface area contributed by atoms with Crippen molar-refractivity contribution in [3.05, 3.63) is 59.5 Å². The van der Waals surface area contributed by atoms with Crippen LogP contribution in [0.3, 0.4) is 0 Å². The van der Waals surface area contributed by atoms with Crippen LogP contribution < -0.4 is 4.57 Å². The Morgan fingerprint density at radius 3 is 2.48 bits per heavy atom. The summed E-state index contributed by atoms with van der Waals surface area (Å²) in [5.74, 6) is 0.711. The number of nitrogens with zero attached hydrogens (tertiary/aromatic N) is 2. The second-order valence-corrected chi connectivity index (χ2v) is 9.17. The second-order valence-electron chi connectivity index (χ2n) is 9.17. The Balaban J connectivity index is 1.82. The number of fused-ring (bicyclic) bond motifs is 1. The van der Waals surface area contributed by atoms with Gasteiger partial charge in [0.25, 0.3) is 0 Å². The van der Waals surface area contributed by atoms with Crippen LogP contribution in [0, 0.1) is 19.3 Å². The van der Waals surface area contributed by atoms with Crippen molar-refractivity contribution in [1.82, 2.24) is 4.98 Å². The first-order valence-corrected chi connectivity index (χ1v) is 10.2. The van der Waals surface area contributed by atoms with E-state index in [1.807, 2.05) is 12.4 Å². The Morgan fingerprint density at radius 1 is 1.04 bits per heavy atom. The molecular weight excluding hydrogens is 328 g/mol. The van der Waals surface area contributed by atoms with Gasteiger partial charge in [-0.2, -0.15) is 4.57 Å². The van der Waals surface area contributed by atoms with Gasteiger partial charge in [-0.05, 0) is 72.6 Å². The third-order valence-electron chi connectivity index (χ3n) is 6.65. The van der Waals surface area contributed by atoms with E-state index in [1.165, 1.54) is 64.5 Å². The normalized spacial score (nSPS) is 17.4. The summed E-state index contributed by atoms with van der Waals surface area (Å²) in [5.41, 5.74) is 7.11. The summed E-state index contributed by atoms with van der Waals surface area (Å²) >= 11 is 0. The molecule has 0 atom stereocenters. The minimum Gasteiger partial charge on any atom is -0.264 e. The van der Waals surface area contributed by atoms with Gasteiger partial charge in [0, 0.05) is 25.4 Å². The first kappa shape index (κ1) is 18.2. The van der Waals surface area contributed by atoms with Crippen LogP contribution in [0.15, 0.2) is 42.7 Å². The van der Waals surface area contributed by atoms with Gasteiger partial charge >= 0.3 is 0 Å². The number of hydrogen-bond acceptors (Lipinski definition) is 1. The Bertz CT molecular complexity index is 991. The molecule has 140 valence electrons. The molecule has 0 unspecified atom stereocenters. The number of hydrogen-bond donors (Lipinski definition) is 0. The van der Waals surface area contributed by atoms with E-state index in [0.29, 0.717) is 11.3 Å². The molecular formula is C25H31N2+. The highest BCUT2D eigenvalue weighted by atomic mass is 14.9. The second kappa shape index (κ2) is 6.74. The summed E-state index contributed by atoms with van der Waals surface area (Å²) in [5, 5.41) is 2.69. The fourth-order valence-electron chi connectivity index (χ4n) is 4.65. The van der Waals surface area contributed by atoms with Crippen LogP contribution in [-0.2, 0) is 7.05 Å². The third kappa shape index (κ3) is 3.38. The average molecular weight is 360 g/mol. The first-order chi connectivity index (χ1) is 12.9. The highest BCUT2D eigenvalue weighted by molar-refractivity contribution is 5.94. The molecule has 2 nitrogen and oxygen atoms in total. The molecule has 0 radical (unpaired) electrons. The van der Waals surface area contributed by atoms with Gasteiger partial charge in [-0.1, -0.05) is 26.0 Å². The molecule has 3 aromatic rings. The van der Waals surface area contributed by atoms with Crippen LogP contribution in [0.1, 0.15) is 62.3 Å². The third-order valence-corrected chi connectivity index (χ3v) is 6.65. The number of benzene rings is 1. The van der Waals surface area contributed by atoms with Gasteiger partial charge < -0.3 is 0 Å². The summed E-state index contributed by atoms with van der Waals surface area (Å²) in [6, 6.07) is 11.7. The topological polar surface area (TPSA) is 16.8 Å². The van der Waals surface area contributed by atoms with Crippen molar-refractivity contribution in [2.75, 3.05) is 0 Å². The van der Waals surface area contributed by atoms with Gasteiger partial charge in [-0.3, -0.25) is 4.98 Å². The Labute approximate surface area is 163 Å². The lowest BCUT2D eigenvalue weighted by Gasteiger charge is -2.34. The van der Waals surface area contributed by atoms with E-state index in [0.717, 1.165) is 0 Å². The molecule has 0 bridgehead atoms. The van der Waals surface area contributed by atoms with Gasteiger partial charge in [-0.25, -0.2) is 0 Å². The molecule has 1 saturated carbocycles. The molecule has 2 aromatic heterocycles. The maximum Gasteiger partial charge on any atom is 0.220 e. The molecule has 0 spiro atoms. The summed E-state index contributed by atoms with van der Waals surface area (Å²) in [6.07, 6.45) is 9.15. The monoisotopic (exact) mass is 359 g/mol. The zero-order valence-corrected chi connectivity index (χ0v) is 17.3. The molecule has 2 heterocycles. The molecule has 0 amide bonds. The quantitative estimate of drug-likeness (QED) is 0.511. The largest absolute Gasteiger partial charge is 0.264 e. The maximum atomic E-state index is 4.28. The van der Waals surface area contributed by atoms with Crippen molar-refractivity contribution in [3.8, 4) is 11.3 Å². The molecule has 27 heavy (non-hydrogen) atoms. The molecule has 2 heteroatoms. The van der Waals surface area contributed by atoms with E-state index in [9.17, 15) is 0 Å². The SMILES string of the molecule is Cc1cnccc1-c1c2ccc(C3CCC(C)(C)CC3)cc2cc(C)[n+]1C. The van der Waals surface area contributed by atoms with E-state index in [2.05, 4.69) is 74.6 Å². The van der Waals surface area contributed by atoms with Gasteiger partial charge in [0.15, 0.2) is 5.69 Å². The number of aryl methyl sites for hydroxylation is 2. The van der Waals surface area contributed by atoms with Crippen molar-refractivity contribution >= 4 is 10.8 Å². The predicted molar refractivity (Wildman–Crippen MR) is 113 cm³/mol. The standard InChI is InChI=1S/C25H31N2/c1-17-16-26-13-10-22(17)24-23-7-6-20(15-21(23)14-18(2)27(24)5)19-8-11-25(3,4)12-9-19/h6-7,10,13-16,19H,8-9,11-12H2,1-5H3/q+1. The lowest BCUT2D eigenvalue weighted by Crippen LogP contribution is -2.35. The van der Waals surface area contributed by atoms with Crippen molar-refractivity contribution < 1.29 is 4.57 Å². The maximum absolute atomic E-state index is 4.28. The smallest absolute Gasteiger partial charge is 0.220 e. The molecule has 0 saturated heterocycles. The number of aromatic nitrogens is 2. The molecule has 0 N–H and O–H groups in total. The van der Waals surface area contributed by atoms with Gasteiger partial charge in [-0.15, -0.1) is 0 Å². The highest BCUT2D eigenvalue weighted by Gasteiger charge is 2.28. The van der Waals surface area contributed by atoms with Crippen LogP contribution in [0.25, 0.3) is 22.0 Å². The Kier molecular flexibility index (Phi) is 4.53. The van der Waals surface area contributed by atoms with Gasteiger partial charge in [0.2, 0.25) is 5.69 Å². The predicted octanol–water partition coefficient (Wildman–Crippen LogP) is 6.03. The summed E-state index contributed by atoms with van der Waals surface area (Å²) < 4.78 is 2.31. The molecule has 4 rings (SSSR count). The average Bonchev–Trinajstić information content (AvgIpc) is 2.63. The van der Waals surface area contributed by atoms with Crippen molar-refractivity contribution in [3.63, 3.8) is 0 Å². The fraction of sp³-hybridized carbons (Fsp3) is 0.440. The molecule has 1 aromatic carbocycles. The minimum absolute atomic E-state index is 0.518. The van der Waals surface area contributed by atoms with Crippen LogP contribution >= 0.6 is 0 Å². The fourth-order valence-corrected chi connectivity index (χ4v) is 4.65. The zero-order chi connectivity index (χ0) is 19.2. The van der Waals surface area contributed by atoms with E-state index in [4.69, 9.17) is 0 Å². The lowest BCUT2D eigenvalue weighted by atomic mass is 9.71. The van der Waals surface area contributed by atoms with Crippen molar-refractivity contribution in [2.45, 2.75) is 59.3 Å². The van der Waals surface area contributed by atoms with E-state index in [1.54, 1.807) is 0 Å². The first-order valence-electron chi connectivity index (χ1n) is 10.2. The number of rotatable bonds is 2. The van der Waals surface area contributed by atoms with Crippen molar-refractivity contribution in [1.29, 1.82) is 0 Å². The van der Waals surface area contributed by atoms with E-state index in [-0.39, 0.29) is 0 Å². The summed E-state index contributed by atoms with van der Waals surface area (Å²) in [6.45, 7) is 9.18. The molecule has 0 aliphatic heterocycles. The van der Waals surface area contributed by atoms with Crippen molar-refractivity contribution in [2.24, 2.45) is 12.5 Å². The summed E-state index contributed by atoms with van der Waals surface area (Å²) in [4.78, 5) is 4.28. The molecule has 1 fully saturated rings. The van der Waals surface area contributed by atoms with E-state index < -0.39 is 0 Å². The van der Waals surface area contributed by atoms with Crippen LogP contribution in [0.4, 0.5) is 0 Å². The lowest BCUT2D eigenvalue weighted by molar-refractivity contribution is -0.665. The Hall–Kier alpha value is -2.22. The summed E-state index contributed by atoms with van der Waals surface area (Å²) in [7, 11) is 2.17. The minimum atomic E-state index is 0.518. The Morgan fingerprint density at radius 2 is 1.78 bits per heavy atom. The highest BCUT2D eigenvalue weighted by Crippen LogP contribution is 2.43. The molecule has 1 aliphatic rings. The van der Waals surface area contributed by atoms with Gasteiger partial charge in [0.05, 0.1) is 10.9 Å². The van der Waals surface area contributed by atoms with Crippen LogP contribution in [0.2, 0.25) is 0 Å². The van der Waals surface area contributed by atoms with E-state index >= 15 is 0 Å². The van der Waals surface area contributed by atoms with Crippen LogP contribution in [0.5, 0.6) is 0 Å². The zero-order valence-electron chi connectivity index (χ0n) is 17.3. The molecule has 1 aliphatic carbocycles. The number of pyridine rings is 2. The van der Waals surface area contributed by atoms with Gasteiger partial charge in [0.1, 0.15) is 7.05 Å². The van der Waals surface area contributed by atoms with Crippen LogP contribution in [-0.4, -0.2) is 4.98 Å².